The highest BCUT2D eigenvalue weighted by molar-refractivity contribution is 5.77. The Morgan fingerprint density at radius 3 is 2.70 bits per heavy atom. The molecule has 0 saturated heterocycles. The van der Waals surface area contributed by atoms with Crippen LogP contribution in [-0.4, -0.2) is 29.4 Å². The Hall–Kier alpha value is -1.36. The maximum atomic E-state index is 12.1. The molecule has 0 amide bonds. The molecule has 1 saturated carbocycles. The van der Waals surface area contributed by atoms with Crippen LogP contribution < -0.4 is 5.32 Å². The summed E-state index contributed by atoms with van der Waals surface area (Å²) in [6, 6.07) is 0. The Morgan fingerprint density at radius 1 is 1.45 bits per heavy atom. The van der Waals surface area contributed by atoms with E-state index in [1.807, 2.05) is 17.9 Å². The Labute approximate surface area is 120 Å². The van der Waals surface area contributed by atoms with Crippen LogP contribution in [0.2, 0.25) is 0 Å². The monoisotopic (exact) mass is 279 g/mol. The van der Waals surface area contributed by atoms with Gasteiger partial charge in [0.25, 0.3) is 0 Å². The molecule has 2 rings (SSSR count). The first-order valence-electron chi connectivity index (χ1n) is 7.36. The van der Waals surface area contributed by atoms with Gasteiger partial charge in [0.05, 0.1) is 18.7 Å². The lowest BCUT2D eigenvalue weighted by atomic mass is 9.74. The molecule has 20 heavy (non-hydrogen) atoms. The molecule has 1 aliphatic rings. The molecule has 0 bridgehead atoms. The highest BCUT2D eigenvalue weighted by atomic mass is 16.5. The summed E-state index contributed by atoms with van der Waals surface area (Å²) in [5, 5.41) is 7.66. The number of aryl methyl sites for hydroxylation is 1. The van der Waals surface area contributed by atoms with E-state index in [0.29, 0.717) is 6.54 Å². The number of esters is 1. The predicted molar refractivity (Wildman–Crippen MR) is 77.2 cm³/mol. The molecule has 0 aromatic carbocycles. The largest absolute Gasteiger partial charge is 0.469 e. The average molecular weight is 279 g/mol. The van der Waals surface area contributed by atoms with Gasteiger partial charge in [0, 0.05) is 31.4 Å². The Morgan fingerprint density at radius 2 is 2.15 bits per heavy atom. The molecule has 0 aliphatic heterocycles. The molecule has 5 nitrogen and oxygen atoms in total. The number of methoxy groups -OCH3 is 1. The van der Waals surface area contributed by atoms with E-state index in [4.69, 9.17) is 4.74 Å². The molecule has 1 heterocycles. The van der Waals surface area contributed by atoms with Crippen molar-refractivity contribution in [2.75, 3.05) is 13.7 Å². The lowest BCUT2D eigenvalue weighted by Crippen LogP contribution is -2.43. The third-order valence-corrected chi connectivity index (χ3v) is 4.54. The van der Waals surface area contributed by atoms with Crippen LogP contribution in [0.5, 0.6) is 0 Å². The number of nitrogens with zero attached hydrogens (tertiary/aromatic N) is 2. The predicted octanol–water partition coefficient (Wildman–Crippen LogP) is 1.94. The van der Waals surface area contributed by atoms with Crippen molar-refractivity contribution in [3.05, 3.63) is 17.5 Å². The summed E-state index contributed by atoms with van der Waals surface area (Å²) in [5.74, 6) is -0.0624. The second-order valence-corrected chi connectivity index (χ2v) is 5.81. The minimum absolute atomic E-state index is 0.0624. The van der Waals surface area contributed by atoms with E-state index in [1.165, 1.54) is 19.1 Å². The van der Waals surface area contributed by atoms with Crippen LogP contribution in [0.1, 0.15) is 43.4 Å². The van der Waals surface area contributed by atoms with Crippen LogP contribution in [0.15, 0.2) is 6.20 Å². The summed E-state index contributed by atoms with van der Waals surface area (Å²) in [4.78, 5) is 12.1. The molecule has 0 unspecified atom stereocenters. The number of hydrogen-bond donors (Lipinski definition) is 1. The molecule has 1 aliphatic carbocycles. The van der Waals surface area contributed by atoms with Crippen molar-refractivity contribution in [1.82, 2.24) is 15.1 Å². The summed E-state index contributed by atoms with van der Waals surface area (Å²) in [6.07, 6.45) is 7.19. The van der Waals surface area contributed by atoms with E-state index < -0.39 is 0 Å². The number of hydrogen-bond acceptors (Lipinski definition) is 4. The fraction of sp³-hybridized carbons (Fsp3) is 0.733. The van der Waals surface area contributed by atoms with Crippen molar-refractivity contribution in [3.63, 3.8) is 0 Å². The lowest BCUT2D eigenvalue weighted by molar-refractivity contribution is -0.154. The zero-order valence-corrected chi connectivity index (χ0v) is 12.7. The second kappa shape index (κ2) is 6.39. The van der Waals surface area contributed by atoms with Crippen molar-refractivity contribution in [3.8, 4) is 0 Å². The van der Waals surface area contributed by atoms with Gasteiger partial charge in [0.1, 0.15) is 0 Å². The SMILES string of the molecule is COC(=O)C1(CNCc2cnn(C)c2C)CCCCC1. The fourth-order valence-electron chi connectivity index (χ4n) is 3.05. The van der Waals surface area contributed by atoms with Crippen LogP contribution in [0.25, 0.3) is 0 Å². The topological polar surface area (TPSA) is 56.1 Å². The minimum atomic E-state index is -0.330. The summed E-state index contributed by atoms with van der Waals surface area (Å²) in [5.41, 5.74) is 2.01. The van der Waals surface area contributed by atoms with Gasteiger partial charge in [0.2, 0.25) is 0 Å². The minimum Gasteiger partial charge on any atom is -0.469 e. The molecular formula is C15H25N3O2. The highest BCUT2D eigenvalue weighted by Crippen LogP contribution is 2.36. The molecule has 112 valence electrons. The van der Waals surface area contributed by atoms with Gasteiger partial charge in [0.15, 0.2) is 0 Å². The third kappa shape index (κ3) is 3.03. The quantitative estimate of drug-likeness (QED) is 0.837. The zero-order chi connectivity index (χ0) is 14.6. The van der Waals surface area contributed by atoms with Crippen LogP contribution in [0, 0.1) is 12.3 Å². The van der Waals surface area contributed by atoms with Crippen molar-refractivity contribution in [2.45, 2.75) is 45.6 Å². The number of nitrogens with one attached hydrogen (secondary N) is 1. The Bertz CT molecular complexity index is 462. The van der Waals surface area contributed by atoms with Crippen LogP contribution in [0.3, 0.4) is 0 Å². The van der Waals surface area contributed by atoms with Gasteiger partial charge in [-0.25, -0.2) is 0 Å². The van der Waals surface area contributed by atoms with Gasteiger partial charge in [-0.05, 0) is 19.8 Å². The average Bonchev–Trinajstić information content (AvgIpc) is 2.79. The number of aromatic nitrogens is 2. The Balaban J connectivity index is 1.95. The van der Waals surface area contributed by atoms with Crippen molar-refractivity contribution in [1.29, 1.82) is 0 Å². The first kappa shape index (κ1) is 15.0. The van der Waals surface area contributed by atoms with E-state index in [-0.39, 0.29) is 11.4 Å². The van der Waals surface area contributed by atoms with E-state index >= 15 is 0 Å². The van der Waals surface area contributed by atoms with Gasteiger partial charge in [-0.2, -0.15) is 5.10 Å². The van der Waals surface area contributed by atoms with Crippen molar-refractivity contribution in [2.24, 2.45) is 12.5 Å². The standard InChI is InChI=1S/C15H25N3O2/c1-12-13(10-17-18(12)2)9-16-11-15(14(19)20-3)7-5-4-6-8-15/h10,16H,4-9,11H2,1-3H3. The molecular weight excluding hydrogens is 254 g/mol. The molecule has 1 N–H and O–H groups in total. The maximum absolute atomic E-state index is 12.1. The molecule has 5 heteroatoms. The van der Waals surface area contributed by atoms with E-state index in [0.717, 1.165) is 37.9 Å². The maximum Gasteiger partial charge on any atom is 0.313 e. The van der Waals surface area contributed by atoms with E-state index in [1.54, 1.807) is 0 Å². The molecule has 1 aromatic rings. The number of ether oxygens (including phenoxy) is 1. The lowest BCUT2D eigenvalue weighted by Gasteiger charge is -2.34. The number of carbonyl (C=O) groups excluding carboxylic acids is 1. The molecule has 0 atom stereocenters. The van der Waals surface area contributed by atoms with Crippen molar-refractivity contribution < 1.29 is 9.53 Å². The smallest absolute Gasteiger partial charge is 0.313 e. The third-order valence-electron chi connectivity index (χ3n) is 4.54. The molecule has 1 aromatic heterocycles. The summed E-state index contributed by atoms with van der Waals surface area (Å²) >= 11 is 0. The normalized spacial score (nSPS) is 17.9. The molecule has 1 fully saturated rings. The zero-order valence-electron chi connectivity index (χ0n) is 12.7. The summed E-state index contributed by atoms with van der Waals surface area (Å²) < 4.78 is 6.90. The highest BCUT2D eigenvalue weighted by Gasteiger charge is 2.40. The summed E-state index contributed by atoms with van der Waals surface area (Å²) in [6.45, 7) is 3.49. The van der Waals surface area contributed by atoms with Crippen LogP contribution >= 0.6 is 0 Å². The fourth-order valence-corrected chi connectivity index (χ4v) is 3.05. The second-order valence-electron chi connectivity index (χ2n) is 5.81. The summed E-state index contributed by atoms with van der Waals surface area (Å²) in [7, 11) is 3.43. The van der Waals surface area contributed by atoms with Crippen molar-refractivity contribution >= 4 is 5.97 Å². The number of rotatable bonds is 5. The van der Waals surface area contributed by atoms with E-state index in [9.17, 15) is 4.79 Å². The first-order chi connectivity index (χ1) is 9.59. The van der Waals surface area contributed by atoms with Gasteiger partial charge < -0.3 is 10.1 Å². The van der Waals surface area contributed by atoms with Gasteiger partial charge in [-0.15, -0.1) is 0 Å². The molecule has 0 spiro atoms. The number of carbonyl (C=O) groups is 1. The van der Waals surface area contributed by atoms with Gasteiger partial charge >= 0.3 is 5.97 Å². The van der Waals surface area contributed by atoms with E-state index in [2.05, 4.69) is 17.3 Å². The van der Waals surface area contributed by atoms with Crippen LogP contribution in [-0.2, 0) is 23.1 Å². The first-order valence-corrected chi connectivity index (χ1v) is 7.36. The van der Waals surface area contributed by atoms with Crippen LogP contribution in [0.4, 0.5) is 0 Å². The van der Waals surface area contributed by atoms with Gasteiger partial charge in [-0.3, -0.25) is 9.48 Å². The Kier molecular flexibility index (Phi) is 4.81. The molecule has 0 radical (unpaired) electrons. The van der Waals surface area contributed by atoms with Gasteiger partial charge in [-0.1, -0.05) is 19.3 Å².